The van der Waals surface area contributed by atoms with Gasteiger partial charge in [-0.05, 0) is 68.5 Å². The predicted octanol–water partition coefficient (Wildman–Crippen LogP) is 5.10. The minimum atomic E-state index is 0.577. The Balaban J connectivity index is 1.97. The van der Waals surface area contributed by atoms with Crippen LogP contribution in [0.4, 0.5) is 17.1 Å². The van der Waals surface area contributed by atoms with Gasteiger partial charge in [-0.25, -0.2) is 0 Å². The van der Waals surface area contributed by atoms with Crippen LogP contribution in [0.3, 0.4) is 0 Å². The molecule has 22 heavy (non-hydrogen) atoms. The van der Waals surface area contributed by atoms with Crippen LogP contribution >= 0.6 is 28.1 Å². The average molecular weight is 378 g/mol. The summed E-state index contributed by atoms with van der Waals surface area (Å²) in [6.45, 7) is 6.33. The van der Waals surface area contributed by atoms with Gasteiger partial charge in [-0.3, -0.25) is 0 Å². The van der Waals surface area contributed by atoms with E-state index < -0.39 is 0 Å². The lowest BCUT2D eigenvalue weighted by Gasteiger charge is -2.21. The summed E-state index contributed by atoms with van der Waals surface area (Å²) < 4.78 is 1.02. The lowest BCUT2D eigenvalue weighted by Crippen LogP contribution is -2.22. The maximum Gasteiger partial charge on any atom is 0.175 e. The van der Waals surface area contributed by atoms with Crippen LogP contribution < -0.4 is 15.5 Å². The van der Waals surface area contributed by atoms with E-state index in [1.54, 1.807) is 0 Å². The molecule has 0 aliphatic carbocycles. The Morgan fingerprint density at radius 1 is 1.00 bits per heavy atom. The molecule has 0 atom stereocenters. The maximum absolute atomic E-state index is 5.34. The molecule has 116 valence electrons. The molecule has 3 nitrogen and oxygen atoms in total. The van der Waals surface area contributed by atoms with E-state index in [4.69, 9.17) is 12.2 Å². The van der Waals surface area contributed by atoms with Crippen LogP contribution in [0.1, 0.15) is 13.8 Å². The van der Waals surface area contributed by atoms with Gasteiger partial charge < -0.3 is 15.5 Å². The molecule has 0 heterocycles. The van der Waals surface area contributed by atoms with Crippen LogP contribution in [0.5, 0.6) is 0 Å². The lowest BCUT2D eigenvalue weighted by atomic mass is 10.2. The maximum atomic E-state index is 5.34. The van der Waals surface area contributed by atoms with Gasteiger partial charge in [-0.15, -0.1) is 0 Å². The van der Waals surface area contributed by atoms with Crippen molar-refractivity contribution in [1.82, 2.24) is 0 Å². The molecule has 0 saturated carbocycles. The van der Waals surface area contributed by atoms with Crippen LogP contribution in [-0.4, -0.2) is 18.2 Å². The summed E-state index contributed by atoms with van der Waals surface area (Å²) in [7, 11) is 0. The normalized spacial score (nSPS) is 10.1. The first kappa shape index (κ1) is 16.8. The summed E-state index contributed by atoms with van der Waals surface area (Å²) in [5.41, 5.74) is 3.15. The topological polar surface area (TPSA) is 27.3 Å². The lowest BCUT2D eigenvalue weighted by molar-refractivity contribution is 0.866. The van der Waals surface area contributed by atoms with E-state index in [9.17, 15) is 0 Å². The highest BCUT2D eigenvalue weighted by atomic mass is 79.9. The molecule has 2 aromatic rings. The molecule has 0 aliphatic heterocycles. The van der Waals surface area contributed by atoms with Crippen molar-refractivity contribution in [2.75, 3.05) is 28.6 Å². The fourth-order valence-corrected chi connectivity index (χ4v) is 2.84. The molecule has 0 spiro atoms. The fraction of sp³-hybridized carbons (Fsp3) is 0.235. The second kappa shape index (κ2) is 8.15. The van der Waals surface area contributed by atoms with E-state index >= 15 is 0 Å². The third kappa shape index (κ3) is 4.71. The highest BCUT2D eigenvalue weighted by Crippen LogP contribution is 2.19. The molecule has 2 N–H and O–H groups in total. The average Bonchev–Trinajstić information content (AvgIpc) is 2.50. The van der Waals surface area contributed by atoms with Crippen molar-refractivity contribution in [3.63, 3.8) is 0 Å². The number of halogens is 1. The van der Waals surface area contributed by atoms with Crippen molar-refractivity contribution in [3.8, 4) is 0 Å². The summed E-state index contributed by atoms with van der Waals surface area (Å²) in [6, 6.07) is 16.2. The second-order valence-electron chi connectivity index (χ2n) is 4.81. The van der Waals surface area contributed by atoms with Crippen LogP contribution in [-0.2, 0) is 0 Å². The summed E-state index contributed by atoms with van der Waals surface area (Å²) in [5.74, 6) is 0. The number of hydrogen-bond acceptors (Lipinski definition) is 2. The Bertz CT molecular complexity index is 624. The quantitative estimate of drug-likeness (QED) is 0.708. The zero-order valence-electron chi connectivity index (χ0n) is 12.8. The smallest absolute Gasteiger partial charge is 0.175 e. The molecule has 0 aromatic heterocycles. The Hall–Kier alpha value is -1.59. The van der Waals surface area contributed by atoms with Crippen molar-refractivity contribution in [3.05, 3.63) is 53.0 Å². The van der Waals surface area contributed by atoms with Gasteiger partial charge in [0.15, 0.2) is 5.11 Å². The fourth-order valence-electron chi connectivity index (χ4n) is 2.20. The van der Waals surface area contributed by atoms with Gasteiger partial charge >= 0.3 is 0 Å². The minimum Gasteiger partial charge on any atom is -0.372 e. The molecule has 0 bridgehead atoms. The molecule has 0 saturated heterocycles. The number of nitrogens with zero attached hydrogens (tertiary/aromatic N) is 1. The number of benzene rings is 2. The Labute approximate surface area is 145 Å². The predicted molar refractivity (Wildman–Crippen MR) is 104 cm³/mol. The van der Waals surface area contributed by atoms with E-state index in [-0.39, 0.29) is 0 Å². The van der Waals surface area contributed by atoms with Gasteiger partial charge in [0.05, 0.1) is 0 Å². The molecule has 0 radical (unpaired) electrons. The van der Waals surface area contributed by atoms with E-state index in [0.717, 1.165) is 28.9 Å². The van der Waals surface area contributed by atoms with E-state index in [2.05, 4.69) is 57.4 Å². The first-order valence-corrected chi connectivity index (χ1v) is 8.51. The number of hydrogen-bond donors (Lipinski definition) is 2. The summed E-state index contributed by atoms with van der Waals surface area (Å²) in [4.78, 5) is 2.31. The monoisotopic (exact) mass is 377 g/mol. The van der Waals surface area contributed by atoms with Crippen LogP contribution in [0.2, 0.25) is 0 Å². The Morgan fingerprint density at radius 3 is 2.23 bits per heavy atom. The third-order valence-corrected chi connectivity index (χ3v) is 4.03. The first-order valence-electron chi connectivity index (χ1n) is 7.31. The number of thiocarbonyl (C=S) groups is 1. The number of nitrogens with one attached hydrogen (secondary N) is 2. The van der Waals surface area contributed by atoms with Crippen molar-refractivity contribution >= 4 is 50.3 Å². The summed E-state index contributed by atoms with van der Waals surface area (Å²) in [6.07, 6.45) is 0. The molecule has 2 aromatic carbocycles. The van der Waals surface area contributed by atoms with E-state index in [0.29, 0.717) is 5.11 Å². The number of anilines is 3. The van der Waals surface area contributed by atoms with Crippen LogP contribution in [0.15, 0.2) is 53.0 Å². The molecule has 0 amide bonds. The standard InChI is InChI=1S/C17H20BrN3S/c1-3-21(4-2)16-10-8-14(9-11-16)19-17(22)20-15-7-5-6-13(18)12-15/h5-12H,3-4H2,1-2H3,(H2,19,20,22). The molecule has 0 fully saturated rings. The third-order valence-electron chi connectivity index (χ3n) is 3.34. The van der Waals surface area contributed by atoms with Crippen molar-refractivity contribution in [2.45, 2.75) is 13.8 Å². The van der Waals surface area contributed by atoms with Gasteiger partial charge in [-0.1, -0.05) is 22.0 Å². The van der Waals surface area contributed by atoms with Gasteiger partial charge in [0.2, 0.25) is 0 Å². The number of rotatable bonds is 5. The van der Waals surface area contributed by atoms with Gasteiger partial charge in [0.25, 0.3) is 0 Å². The van der Waals surface area contributed by atoms with Crippen molar-refractivity contribution < 1.29 is 0 Å². The molecule has 0 unspecified atom stereocenters. The largest absolute Gasteiger partial charge is 0.372 e. The van der Waals surface area contributed by atoms with Crippen LogP contribution in [0.25, 0.3) is 0 Å². The Kier molecular flexibility index (Phi) is 6.21. The van der Waals surface area contributed by atoms with E-state index in [1.807, 2.05) is 36.4 Å². The molecule has 5 heteroatoms. The zero-order valence-corrected chi connectivity index (χ0v) is 15.2. The van der Waals surface area contributed by atoms with Crippen molar-refractivity contribution in [2.24, 2.45) is 0 Å². The SMILES string of the molecule is CCN(CC)c1ccc(NC(=S)Nc2cccc(Br)c2)cc1. The summed E-state index contributed by atoms with van der Waals surface area (Å²) >= 11 is 8.79. The molecule has 0 aliphatic rings. The highest BCUT2D eigenvalue weighted by Gasteiger charge is 2.03. The molecule has 2 rings (SSSR count). The second-order valence-corrected chi connectivity index (χ2v) is 6.13. The minimum absolute atomic E-state index is 0.577. The van der Waals surface area contributed by atoms with Gasteiger partial charge in [0, 0.05) is 34.6 Å². The van der Waals surface area contributed by atoms with Gasteiger partial charge in [-0.2, -0.15) is 0 Å². The van der Waals surface area contributed by atoms with E-state index in [1.165, 1.54) is 5.69 Å². The zero-order chi connectivity index (χ0) is 15.9. The van der Waals surface area contributed by atoms with Crippen LogP contribution in [0, 0.1) is 0 Å². The van der Waals surface area contributed by atoms with Crippen molar-refractivity contribution in [1.29, 1.82) is 0 Å². The first-order chi connectivity index (χ1) is 10.6. The summed E-state index contributed by atoms with van der Waals surface area (Å²) in [5, 5.41) is 6.95. The molecular weight excluding hydrogens is 358 g/mol. The Morgan fingerprint density at radius 2 is 1.64 bits per heavy atom. The highest BCUT2D eigenvalue weighted by molar-refractivity contribution is 9.10. The van der Waals surface area contributed by atoms with Gasteiger partial charge in [0.1, 0.15) is 0 Å². The molecular formula is C17H20BrN3S.